The average Bonchev–Trinajstić information content (AvgIpc) is 2.50. The minimum atomic E-state index is -3.28. The Bertz CT molecular complexity index is 698. The number of rotatable bonds is 4. The van der Waals surface area contributed by atoms with E-state index in [2.05, 4.69) is 31.4 Å². The second kappa shape index (κ2) is 7.13. The second-order valence-electron chi connectivity index (χ2n) is 7.52. The van der Waals surface area contributed by atoms with Crippen molar-refractivity contribution in [3.05, 3.63) is 24.3 Å². The van der Waals surface area contributed by atoms with Gasteiger partial charge in [0.2, 0.25) is 0 Å². The Labute approximate surface area is 145 Å². The van der Waals surface area contributed by atoms with E-state index in [1.54, 1.807) is 25.1 Å². The van der Waals surface area contributed by atoms with E-state index in [1.165, 1.54) is 6.07 Å². The van der Waals surface area contributed by atoms with E-state index in [4.69, 9.17) is 0 Å². The molecule has 0 aromatic heterocycles. The van der Waals surface area contributed by atoms with Crippen LogP contribution >= 0.6 is 0 Å². The van der Waals surface area contributed by atoms with E-state index in [9.17, 15) is 13.2 Å². The van der Waals surface area contributed by atoms with E-state index in [-0.39, 0.29) is 22.7 Å². The first-order chi connectivity index (χ1) is 11.1. The topological polar surface area (TPSA) is 75.3 Å². The maximum atomic E-state index is 12.2. The molecular formula is C18H28N2O3S. The molecule has 24 heavy (non-hydrogen) atoms. The summed E-state index contributed by atoms with van der Waals surface area (Å²) < 4.78 is 23.9. The molecule has 2 N–H and O–H groups in total. The molecule has 0 radical (unpaired) electrons. The van der Waals surface area contributed by atoms with Crippen molar-refractivity contribution in [1.29, 1.82) is 0 Å². The number of urea groups is 1. The summed E-state index contributed by atoms with van der Waals surface area (Å²) in [5.74, 6) is 0.462. The largest absolute Gasteiger partial charge is 0.335 e. The molecule has 0 saturated heterocycles. The quantitative estimate of drug-likeness (QED) is 0.865. The van der Waals surface area contributed by atoms with Gasteiger partial charge in [0.1, 0.15) is 0 Å². The first kappa shape index (κ1) is 18.8. The number of anilines is 1. The predicted molar refractivity (Wildman–Crippen MR) is 96.9 cm³/mol. The lowest BCUT2D eigenvalue weighted by atomic mass is 9.70. The van der Waals surface area contributed by atoms with Gasteiger partial charge in [0.15, 0.2) is 9.84 Å². The van der Waals surface area contributed by atoms with E-state index in [1.807, 2.05) is 0 Å². The van der Waals surface area contributed by atoms with Gasteiger partial charge in [0.25, 0.3) is 0 Å². The Morgan fingerprint density at radius 2 is 2.04 bits per heavy atom. The van der Waals surface area contributed by atoms with E-state index >= 15 is 0 Å². The van der Waals surface area contributed by atoms with Gasteiger partial charge in [-0.2, -0.15) is 0 Å². The standard InChI is InChI=1S/C18H28N2O3S/c1-5-24(22,23)15-8-6-7-14(11-15)19-17(21)20-16-9-10-18(3,4)12-13(16)2/h6-8,11,13,16H,5,9-10,12H2,1-4H3,(H2,19,20,21). The smallest absolute Gasteiger partial charge is 0.319 e. The molecule has 0 aliphatic heterocycles. The highest BCUT2D eigenvalue weighted by Gasteiger charge is 2.33. The molecule has 1 aliphatic rings. The molecule has 134 valence electrons. The lowest BCUT2D eigenvalue weighted by Crippen LogP contribution is -2.46. The number of carbonyl (C=O) groups excluding carboxylic acids is 1. The maximum absolute atomic E-state index is 12.2. The molecule has 5 nitrogen and oxygen atoms in total. The molecule has 2 unspecified atom stereocenters. The Morgan fingerprint density at radius 1 is 1.33 bits per heavy atom. The van der Waals surface area contributed by atoms with Crippen LogP contribution in [0.3, 0.4) is 0 Å². The first-order valence-electron chi connectivity index (χ1n) is 8.53. The Balaban J connectivity index is 1.99. The summed E-state index contributed by atoms with van der Waals surface area (Å²) in [5, 5.41) is 5.78. The van der Waals surface area contributed by atoms with Crippen LogP contribution in [0.1, 0.15) is 47.0 Å². The van der Waals surface area contributed by atoms with Crippen LogP contribution < -0.4 is 10.6 Å². The third-order valence-electron chi connectivity index (χ3n) is 4.84. The van der Waals surface area contributed by atoms with Crippen molar-refractivity contribution in [3.63, 3.8) is 0 Å². The summed E-state index contributed by atoms with van der Waals surface area (Å²) in [6.45, 7) is 8.30. The molecule has 0 heterocycles. The second-order valence-corrected chi connectivity index (χ2v) is 9.80. The van der Waals surface area contributed by atoms with Crippen molar-refractivity contribution in [2.45, 2.75) is 57.9 Å². The highest BCUT2D eigenvalue weighted by Crippen LogP contribution is 2.38. The molecule has 0 bridgehead atoms. The molecule has 1 aliphatic carbocycles. The number of sulfone groups is 1. The monoisotopic (exact) mass is 352 g/mol. The molecule has 0 spiro atoms. The van der Waals surface area contributed by atoms with Crippen molar-refractivity contribution >= 4 is 21.6 Å². The minimum absolute atomic E-state index is 0.0397. The van der Waals surface area contributed by atoms with Crippen LogP contribution in [0.5, 0.6) is 0 Å². The molecule has 2 amide bonds. The SMILES string of the molecule is CCS(=O)(=O)c1cccc(NC(=O)NC2CCC(C)(C)CC2C)c1. The summed E-state index contributed by atoms with van der Waals surface area (Å²) >= 11 is 0. The molecular weight excluding hydrogens is 324 g/mol. The molecule has 1 aromatic rings. The van der Waals surface area contributed by atoms with Gasteiger partial charge >= 0.3 is 6.03 Å². The highest BCUT2D eigenvalue weighted by molar-refractivity contribution is 7.91. The normalized spacial score (nSPS) is 23.5. The van der Waals surface area contributed by atoms with Gasteiger partial charge in [0, 0.05) is 11.7 Å². The van der Waals surface area contributed by atoms with Crippen molar-refractivity contribution < 1.29 is 13.2 Å². The number of amides is 2. The van der Waals surface area contributed by atoms with Crippen LogP contribution in [0.25, 0.3) is 0 Å². The zero-order valence-electron chi connectivity index (χ0n) is 14.9. The molecule has 6 heteroatoms. The summed E-state index contributed by atoms with van der Waals surface area (Å²) in [6.07, 6.45) is 3.14. The van der Waals surface area contributed by atoms with Crippen LogP contribution in [0.4, 0.5) is 10.5 Å². The Morgan fingerprint density at radius 3 is 2.67 bits per heavy atom. The van der Waals surface area contributed by atoms with Gasteiger partial charge in [-0.1, -0.05) is 33.8 Å². The first-order valence-corrected chi connectivity index (χ1v) is 10.2. The molecule has 2 atom stereocenters. The van der Waals surface area contributed by atoms with Gasteiger partial charge in [-0.3, -0.25) is 0 Å². The molecule has 1 fully saturated rings. The van der Waals surface area contributed by atoms with Gasteiger partial charge in [-0.05, 0) is 48.8 Å². The third kappa shape index (κ3) is 4.72. The van der Waals surface area contributed by atoms with Gasteiger partial charge in [-0.15, -0.1) is 0 Å². The van der Waals surface area contributed by atoms with Gasteiger partial charge in [-0.25, -0.2) is 13.2 Å². The number of benzene rings is 1. The number of hydrogen-bond acceptors (Lipinski definition) is 3. The Kier molecular flexibility index (Phi) is 5.58. The van der Waals surface area contributed by atoms with E-state index in [0.717, 1.165) is 19.3 Å². The number of hydrogen-bond donors (Lipinski definition) is 2. The summed E-state index contributed by atoms with van der Waals surface area (Å²) in [4.78, 5) is 12.5. The zero-order valence-corrected chi connectivity index (χ0v) is 15.7. The highest BCUT2D eigenvalue weighted by atomic mass is 32.2. The zero-order chi connectivity index (χ0) is 18.0. The van der Waals surface area contributed by atoms with Crippen molar-refractivity contribution in [1.82, 2.24) is 5.32 Å². The summed E-state index contributed by atoms with van der Waals surface area (Å²) in [6, 6.07) is 6.27. The van der Waals surface area contributed by atoms with Crippen LogP contribution in [0.15, 0.2) is 29.2 Å². The maximum Gasteiger partial charge on any atom is 0.319 e. The van der Waals surface area contributed by atoms with Crippen molar-refractivity contribution in [2.24, 2.45) is 11.3 Å². The van der Waals surface area contributed by atoms with Crippen LogP contribution in [0, 0.1) is 11.3 Å². The Hall–Kier alpha value is -1.56. The van der Waals surface area contributed by atoms with Gasteiger partial charge < -0.3 is 10.6 Å². The third-order valence-corrected chi connectivity index (χ3v) is 6.57. The lowest BCUT2D eigenvalue weighted by Gasteiger charge is -2.39. The van der Waals surface area contributed by atoms with E-state index in [0.29, 0.717) is 17.0 Å². The van der Waals surface area contributed by atoms with Crippen LogP contribution in [-0.4, -0.2) is 26.2 Å². The summed E-state index contributed by atoms with van der Waals surface area (Å²) in [5.41, 5.74) is 0.822. The van der Waals surface area contributed by atoms with Crippen LogP contribution in [-0.2, 0) is 9.84 Å². The number of nitrogens with one attached hydrogen (secondary N) is 2. The fourth-order valence-electron chi connectivity index (χ4n) is 3.43. The predicted octanol–water partition coefficient (Wildman–Crippen LogP) is 3.82. The van der Waals surface area contributed by atoms with Crippen molar-refractivity contribution in [3.8, 4) is 0 Å². The minimum Gasteiger partial charge on any atom is -0.335 e. The lowest BCUT2D eigenvalue weighted by molar-refractivity contribution is 0.152. The molecule has 1 aromatic carbocycles. The van der Waals surface area contributed by atoms with Gasteiger partial charge in [0.05, 0.1) is 10.6 Å². The fraction of sp³-hybridized carbons (Fsp3) is 0.611. The van der Waals surface area contributed by atoms with Crippen LogP contribution in [0.2, 0.25) is 0 Å². The van der Waals surface area contributed by atoms with E-state index < -0.39 is 9.84 Å². The summed E-state index contributed by atoms with van der Waals surface area (Å²) in [7, 11) is -3.28. The molecule has 1 saturated carbocycles. The molecule has 2 rings (SSSR count). The van der Waals surface area contributed by atoms with Crippen molar-refractivity contribution in [2.75, 3.05) is 11.1 Å². The fourth-order valence-corrected chi connectivity index (χ4v) is 4.36. The number of carbonyl (C=O) groups is 1. The average molecular weight is 353 g/mol.